The Hall–Kier alpha value is -1.88. The summed E-state index contributed by atoms with van der Waals surface area (Å²) in [6.07, 6.45) is 2.05. The normalized spacial score (nSPS) is 16.8. The molecule has 1 saturated heterocycles. The molecule has 28 heavy (non-hydrogen) atoms. The van der Waals surface area contributed by atoms with E-state index in [4.69, 9.17) is 16.7 Å². The van der Waals surface area contributed by atoms with E-state index in [2.05, 4.69) is 28.9 Å². The number of hydrogen-bond acceptors (Lipinski definition) is 3. The maximum absolute atomic E-state index is 10.9. The first-order valence-corrected chi connectivity index (χ1v) is 10.4. The Labute approximate surface area is 172 Å². The van der Waals surface area contributed by atoms with Crippen molar-refractivity contribution in [1.82, 2.24) is 9.80 Å². The van der Waals surface area contributed by atoms with Gasteiger partial charge in [-0.05, 0) is 54.2 Å². The van der Waals surface area contributed by atoms with E-state index in [1.54, 1.807) is 12.1 Å². The van der Waals surface area contributed by atoms with Gasteiger partial charge in [-0.3, -0.25) is 0 Å². The second-order valence-electron chi connectivity index (χ2n) is 7.83. The van der Waals surface area contributed by atoms with Crippen LogP contribution in [-0.2, 0) is 12.8 Å². The Morgan fingerprint density at radius 1 is 0.964 bits per heavy atom. The molecule has 1 fully saturated rings. The number of carbonyl (C=O) groups is 1. The van der Waals surface area contributed by atoms with Crippen molar-refractivity contribution in [3.8, 4) is 0 Å². The van der Waals surface area contributed by atoms with Crippen LogP contribution in [0.4, 0.5) is 0 Å². The average Bonchev–Trinajstić information content (AvgIpc) is 2.69. The predicted octanol–water partition coefficient (Wildman–Crippen LogP) is 4.08. The third-order valence-corrected chi connectivity index (χ3v) is 5.70. The molecule has 1 aliphatic heterocycles. The molecule has 0 radical (unpaired) electrons. The number of carboxylic acids is 1. The molecule has 0 aromatic heterocycles. The van der Waals surface area contributed by atoms with Crippen LogP contribution in [0.5, 0.6) is 0 Å². The standard InChI is InChI=1S/C23H29ClN2O2/c1-18(16-20-4-8-22(24)9-5-20)17-26-14-12-25(13-15-26)11-10-19-2-6-21(7-3-19)23(27)28/h2-9,18H,10-17H2,1H3,(H,27,28). The van der Waals surface area contributed by atoms with Crippen molar-refractivity contribution in [3.63, 3.8) is 0 Å². The first kappa shape index (κ1) is 20.8. The van der Waals surface area contributed by atoms with Gasteiger partial charge >= 0.3 is 5.97 Å². The second kappa shape index (κ2) is 10.1. The molecule has 0 bridgehead atoms. The predicted molar refractivity (Wildman–Crippen MR) is 114 cm³/mol. The van der Waals surface area contributed by atoms with Gasteiger partial charge in [-0.25, -0.2) is 4.79 Å². The van der Waals surface area contributed by atoms with Crippen LogP contribution in [0, 0.1) is 5.92 Å². The Kier molecular flexibility index (Phi) is 7.49. The summed E-state index contributed by atoms with van der Waals surface area (Å²) in [7, 11) is 0. The molecule has 150 valence electrons. The van der Waals surface area contributed by atoms with Crippen LogP contribution in [0.2, 0.25) is 5.02 Å². The molecule has 1 unspecified atom stereocenters. The van der Waals surface area contributed by atoms with Gasteiger partial charge in [0.15, 0.2) is 0 Å². The van der Waals surface area contributed by atoms with E-state index in [9.17, 15) is 4.79 Å². The lowest BCUT2D eigenvalue weighted by Crippen LogP contribution is -2.48. The van der Waals surface area contributed by atoms with E-state index in [1.165, 1.54) is 11.1 Å². The quantitative estimate of drug-likeness (QED) is 0.725. The zero-order valence-corrected chi connectivity index (χ0v) is 17.2. The maximum Gasteiger partial charge on any atom is 0.335 e. The summed E-state index contributed by atoms with van der Waals surface area (Å²) in [5.74, 6) is -0.242. The van der Waals surface area contributed by atoms with Crippen LogP contribution in [0.15, 0.2) is 48.5 Å². The van der Waals surface area contributed by atoms with Crippen LogP contribution in [0.3, 0.4) is 0 Å². The Morgan fingerprint density at radius 2 is 1.54 bits per heavy atom. The minimum Gasteiger partial charge on any atom is -0.478 e. The number of piperazine rings is 1. The molecule has 0 aliphatic carbocycles. The van der Waals surface area contributed by atoms with Gasteiger partial charge in [0.25, 0.3) is 0 Å². The van der Waals surface area contributed by atoms with Crippen molar-refractivity contribution < 1.29 is 9.90 Å². The highest BCUT2D eigenvalue weighted by atomic mass is 35.5. The van der Waals surface area contributed by atoms with Crippen molar-refractivity contribution in [1.29, 1.82) is 0 Å². The monoisotopic (exact) mass is 400 g/mol. The molecule has 1 heterocycles. The van der Waals surface area contributed by atoms with Crippen LogP contribution in [-0.4, -0.2) is 60.1 Å². The molecule has 1 atom stereocenters. The van der Waals surface area contributed by atoms with Gasteiger partial charge in [0, 0.05) is 44.3 Å². The molecule has 0 amide bonds. The molecule has 1 aliphatic rings. The van der Waals surface area contributed by atoms with Crippen molar-refractivity contribution in [2.75, 3.05) is 39.3 Å². The number of benzene rings is 2. The Balaban J connectivity index is 1.37. The average molecular weight is 401 g/mol. The van der Waals surface area contributed by atoms with Gasteiger partial charge in [0.2, 0.25) is 0 Å². The van der Waals surface area contributed by atoms with Crippen LogP contribution >= 0.6 is 11.6 Å². The van der Waals surface area contributed by atoms with Crippen LogP contribution in [0.25, 0.3) is 0 Å². The number of carboxylic acid groups (broad SMARTS) is 1. The summed E-state index contributed by atoms with van der Waals surface area (Å²) < 4.78 is 0. The fourth-order valence-corrected chi connectivity index (χ4v) is 3.95. The van der Waals surface area contributed by atoms with Crippen molar-refractivity contribution in [2.45, 2.75) is 19.8 Å². The molecule has 2 aromatic rings. The molecule has 2 aromatic carbocycles. The first-order chi connectivity index (χ1) is 13.5. The van der Waals surface area contributed by atoms with E-state index in [0.717, 1.165) is 57.1 Å². The van der Waals surface area contributed by atoms with Crippen LogP contribution < -0.4 is 0 Å². The first-order valence-electron chi connectivity index (χ1n) is 10.0. The number of aromatic carboxylic acids is 1. The fraction of sp³-hybridized carbons (Fsp3) is 0.435. The summed E-state index contributed by atoms with van der Waals surface area (Å²) in [6.45, 7) is 8.91. The largest absolute Gasteiger partial charge is 0.478 e. The van der Waals surface area contributed by atoms with Gasteiger partial charge in [0.05, 0.1) is 5.56 Å². The molecule has 1 N–H and O–H groups in total. The van der Waals surface area contributed by atoms with Gasteiger partial charge in [-0.2, -0.15) is 0 Å². The second-order valence-corrected chi connectivity index (χ2v) is 8.27. The smallest absolute Gasteiger partial charge is 0.335 e. The molecule has 5 heteroatoms. The Morgan fingerprint density at radius 3 is 2.14 bits per heavy atom. The van der Waals surface area contributed by atoms with Crippen molar-refractivity contribution in [2.24, 2.45) is 5.92 Å². The SMILES string of the molecule is CC(Cc1ccc(Cl)cc1)CN1CCN(CCc2ccc(C(=O)O)cc2)CC1. The molecular formula is C23H29ClN2O2. The minimum atomic E-state index is -0.868. The number of rotatable bonds is 8. The highest BCUT2D eigenvalue weighted by molar-refractivity contribution is 6.30. The summed E-state index contributed by atoms with van der Waals surface area (Å²) >= 11 is 5.97. The zero-order chi connectivity index (χ0) is 19.9. The van der Waals surface area contributed by atoms with E-state index in [0.29, 0.717) is 11.5 Å². The number of nitrogens with zero attached hydrogens (tertiary/aromatic N) is 2. The number of hydrogen-bond donors (Lipinski definition) is 1. The minimum absolute atomic E-state index is 0.352. The van der Waals surface area contributed by atoms with Gasteiger partial charge < -0.3 is 14.9 Å². The maximum atomic E-state index is 10.9. The summed E-state index contributed by atoms with van der Waals surface area (Å²) in [4.78, 5) is 16.0. The van der Waals surface area contributed by atoms with E-state index in [-0.39, 0.29) is 0 Å². The lowest BCUT2D eigenvalue weighted by atomic mass is 10.0. The third-order valence-electron chi connectivity index (χ3n) is 5.45. The van der Waals surface area contributed by atoms with Gasteiger partial charge in [0.1, 0.15) is 0 Å². The van der Waals surface area contributed by atoms with Gasteiger partial charge in [-0.15, -0.1) is 0 Å². The van der Waals surface area contributed by atoms with Crippen molar-refractivity contribution in [3.05, 3.63) is 70.2 Å². The topological polar surface area (TPSA) is 43.8 Å². The highest BCUT2D eigenvalue weighted by Gasteiger charge is 2.18. The number of halogens is 1. The molecular weight excluding hydrogens is 372 g/mol. The highest BCUT2D eigenvalue weighted by Crippen LogP contribution is 2.15. The third kappa shape index (κ3) is 6.33. The molecule has 4 nitrogen and oxygen atoms in total. The summed E-state index contributed by atoms with van der Waals surface area (Å²) in [5, 5.41) is 9.77. The fourth-order valence-electron chi connectivity index (χ4n) is 3.82. The molecule has 0 spiro atoms. The summed E-state index contributed by atoms with van der Waals surface area (Å²) in [5.41, 5.74) is 2.90. The molecule has 3 rings (SSSR count). The zero-order valence-electron chi connectivity index (χ0n) is 16.5. The van der Waals surface area contributed by atoms with E-state index < -0.39 is 5.97 Å². The lowest BCUT2D eigenvalue weighted by molar-refractivity contribution is 0.0697. The van der Waals surface area contributed by atoms with Crippen LogP contribution in [0.1, 0.15) is 28.4 Å². The van der Waals surface area contributed by atoms with Gasteiger partial charge in [-0.1, -0.05) is 42.8 Å². The summed E-state index contributed by atoms with van der Waals surface area (Å²) in [6, 6.07) is 15.4. The van der Waals surface area contributed by atoms with E-state index >= 15 is 0 Å². The Bertz CT molecular complexity index is 753. The molecule has 0 saturated carbocycles. The van der Waals surface area contributed by atoms with Crippen molar-refractivity contribution >= 4 is 17.6 Å². The van der Waals surface area contributed by atoms with E-state index in [1.807, 2.05) is 24.3 Å². The lowest BCUT2D eigenvalue weighted by Gasteiger charge is -2.36.